The van der Waals surface area contributed by atoms with Gasteiger partial charge in [0.2, 0.25) is 0 Å². The summed E-state index contributed by atoms with van der Waals surface area (Å²) in [6.07, 6.45) is 3.93. The third kappa shape index (κ3) is 1.45. The molecular formula is C7H7FS. The fourth-order valence-corrected chi connectivity index (χ4v) is 0.810. The highest BCUT2D eigenvalue weighted by atomic mass is 32.1. The number of rotatable bonds is 0. The topological polar surface area (TPSA) is 0 Å². The van der Waals surface area contributed by atoms with Crippen molar-refractivity contribution in [3.63, 3.8) is 0 Å². The van der Waals surface area contributed by atoms with E-state index in [0.29, 0.717) is 4.86 Å². The minimum absolute atomic E-state index is 0.376. The van der Waals surface area contributed by atoms with Crippen molar-refractivity contribution < 1.29 is 4.39 Å². The van der Waals surface area contributed by atoms with Crippen LogP contribution in [0.2, 0.25) is 0 Å². The maximum Gasteiger partial charge on any atom is 0.154 e. The van der Waals surface area contributed by atoms with E-state index in [0.717, 1.165) is 5.57 Å². The first-order chi connectivity index (χ1) is 4.20. The Morgan fingerprint density at radius 1 is 1.56 bits per heavy atom. The van der Waals surface area contributed by atoms with Crippen LogP contribution in [0.4, 0.5) is 4.39 Å². The minimum Gasteiger partial charge on any atom is -0.237 e. The van der Waals surface area contributed by atoms with E-state index in [4.69, 9.17) is 0 Å². The molecule has 1 unspecified atom stereocenters. The number of hydrogen-bond donors (Lipinski definition) is 0. The van der Waals surface area contributed by atoms with Gasteiger partial charge >= 0.3 is 0 Å². The molecule has 0 radical (unpaired) electrons. The molecule has 1 aliphatic rings. The molecule has 48 valence electrons. The van der Waals surface area contributed by atoms with E-state index in [1.165, 1.54) is 6.08 Å². The normalized spacial score (nSPS) is 26.2. The summed E-state index contributed by atoms with van der Waals surface area (Å²) < 4.78 is 12.6. The predicted octanol–water partition coefficient (Wildman–Crippen LogP) is 2.21. The Morgan fingerprint density at radius 3 is 2.67 bits per heavy atom. The highest BCUT2D eigenvalue weighted by Crippen LogP contribution is 2.10. The van der Waals surface area contributed by atoms with E-state index >= 15 is 0 Å². The quantitative estimate of drug-likeness (QED) is 0.467. The monoisotopic (exact) mass is 142 g/mol. The summed E-state index contributed by atoms with van der Waals surface area (Å²) in [4.78, 5) is 0.376. The fourth-order valence-electron chi connectivity index (χ4n) is 0.674. The molecule has 2 heteroatoms. The van der Waals surface area contributed by atoms with Crippen LogP contribution in [-0.4, -0.2) is 11.0 Å². The van der Waals surface area contributed by atoms with Gasteiger partial charge in [0.15, 0.2) is 6.17 Å². The molecule has 0 bridgehead atoms. The molecule has 0 amide bonds. The maximum atomic E-state index is 12.6. The number of hydrogen-bond acceptors (Lipinski definition) is 1. The van der Waals surface area contributed by atoms with Crippen molar-refractivity contribution in [1.82, 2.24) is 0 Å². The number of allylic oxidation sites excluding steroid dienone is 4. The molecule has 0 aromatic heterocycles. The second-order valence-corrected chi connectivity index (χ2v) is 2.52. The standard InChI is InChI=1S/C7H7FS/c1-5-2-3-7(9)6(8)4-5/h2-4,6H,1H3. The van der Waals surface area contributed by atoms with Crippen molar-refractivity contribution in [1.29, 1.82) is 0 Å². The van der Waals surface area contributed by atoms with Gasteiger partial charge in [0.1, 0.15) is 0 Å². The first kappa shape index (κ1) is 6.62. The van der Waals surface area contributed by atoms with Gasteiger partial charge in [-0.15, -0.1) is 0 Å². The summed E-state index contributed by atoms with van der Waals surface area (Å²) in [7, 11) is 0. The van der Waals surface area contributed by atoms with Crippen LogP contribution < -0.4 is 0 Å². The Morgan fingerprint density at radius 2 is 2.22 bits per heavy atom. The molecule has 9 heavy (non-hydrogen) atoms. The molecule has 0 aromatic rings. The minimum atomic E-state index is -1.04. The lowest BCUT2D eigenvalue weighted by atomic mass is 10.1. The van der Waals surface area contributed by atoms with Gasteiger partial charge in [-0.3, -0.25) is 0 Å². The maximum absolute atomic E-state index is 12.6. The lowest BCUT2D eigenvalue weighted by Crippen LogP contribution is -2.10. The van der Waals surface area contributed by atoms with Gasteiger partial charge < -0.3 is 0 Å². The summed E-state index contributed by atoms with van der Waals surface area (Å²) in [5, 5.41) is 0. The van der Waals surface area contributed by atoms with E-state index in [1.54, 1.807) is 6.08 Å². The van der Waals surface area contributed by atoms with Gasteiger partial charge in [-0.05, 0) is 19.1 Å². The first-order valence-corrected chi connectivity index (χ1v) is 3.15. The van der Waals surface area contributed by atoms with E-state index in [1.807, 2.05) is 13.0 Å². The van der Waals surface area contributed by atoms with Crippen LogP contribution in [0.25, 0.3) is 0 Å². The second kappa shape index (κ2) is 2.40. The predicted molar refractivity (Wildman–Crippen MR) is 40.4 cm³/mol. The smallest absolute Gasteiger partial charge is 0.154 e. The van der Waals surface area contributed by atoms with Gasteiger partial charge in [0.25, 0.3) is 0 Å². The zero-order valence-corrected chi connectivity index (χ0v) is 5.91. The largest absolute Gasteiger partial charge is 0.237 e. The molecule has 0 heterocycles. The summed E-state index contributed by atoms with van der Waals surface area (Å²) >= 11 is 4.67. The lowest BCUT2D eigenvalue weighted by Gasteiger charge is -2.06. The van der Waals surface area contributed by atoms with Crippen molar-refractivity contribution in [2.75, 3.05) is 0 Å². The van der Waals surface area contributed by atoms with Gasteiger partial charge in [0.05, 0.1) is 4.86 Å². The van der Waals surface area contributed by atoms with Crippen molar-refractivity contribution in [3.05, 3.63) is 23.8 Å². The number of thiocarbonyl (C=S) groups is 1. The molecule has 1 atom stereocenters. The van der Waals surface area contributed by atoms with E-state index < -0.39 is 6.17 Å². The third-order valence-corrected chi connectivity index (χ3v) is 1.55. The summed E-state index contributed by atoms with van der Waals surface area (Å²) in [6.45, 7) is 1.85. The van der Waals surface area contributed by atoms with Crippen LogP contribution in [0.3, 0.4) is 0 Å². The fraction of sp³-hybridized carbons (Fsp3) is 0.286. The summed E-state index contributed by atoms with van der Waals surface area (Å²) in [5.41, 5.74) is 0.941. The average molecular weight is 142 g/mol. The van der Waals surface area contributed by atoms with Crippen LogP contribution in [-0.2, 0) is 0 Å². The zero-order chi connectivity index (χ0) is 6.85. The van der Waals surface area contributed by atoms with Crippen LogP contribution in [0.5, 0.6) is 0 Å². The van der Waals surface area contributed by atoms with Gasteiger partial charge in [0, 0.05) is 0 Å². The van der Waals surface area contributed by atoms with Crippen molar-refractivity contribution in [3.8, 4) is 0 Å². The molecule has 0 aromatic carbocycles. The zero-order valence-electron chi connectivity index (χ0n) is 5.10. The number of alkyl halides is 1. The SMILES string of the molecule is CC1=CC(F)C(=S)C=C1. The van der Waals surface area contributed by atoms with Crippen LogP contribution >= 0.6 is 12.2 Å². The highest BCUT2D eigenvalue weighted by molar-refractivity contribution is 7.80. The van der Waals surface area contributed by atoms with E-state index in [9.17, 15) is 4.39 Å². The molecule has 1 rings (SSSR count). The van der Waals surface area contributed by atoms with E-state index in [2.05, 4.69) is 12.2 Å². The molecule has 1 aliphatic carbocycles. The molecule has 0 saturated carbocycles. The van der Waals surface area contributed by atoms with Crippen LogP contribution in [0, 0.1) is 0 Å². The van der Waals surface area contributed by atoms with Crippen molar-refractivity contribution in [2.45, 2.75) is 13.1 Å². The highest BCUT2D eigenvalue weighted by Gasteiger charge is 2.09. The van der Waals surface area contributed by atoms with Crippen LogP contribution in [0.1, 0.15) is 6.92 Å². The Balaban J connectivity index is 2.82. The summed E-state index contributed by atoms with van der Waals surface area (Å²) in [6, 6.07) is 0. The molecule has 0 spiro atoms. The Kier molecular flexibility index (Phi) is 1.76. The third-order valence-electron chi connectivity index (χ3n) is 1.19. The number of halogens is 1. The Labute approximate surface area is 59.1 Å². The Bertz CT molecular complexity index is 191. The van der Waals surface area contributed by atoms with Crippen molar-refractivity contribution >= 4 is 17.1 Å². The molecule has 0 N–H and O–H groups in total. The van der Waals surface area contributed by atoms with Gasteiger partial charge in [-0.1, -0.05) is 23.9 Å². The molecule has 0 saturated heterocycles. The van der Waals surface area contributed by atoms with Crippen molar-refractivity contribution in [2.24, 2.45) is 0 Å². The first-order valence-electron chi connectivity index (χ1n) is 2.74. The second-order valence-electron chi connectivity index (χ2n) is 2.05. The molecule has 0 nitrogen and oxygen atoms in total. The van der Waals surface area contributed by atoms with E-state index in [-0.39, 0.29) is 0 Å². The Hall–Kier alpha value is -0.500. The van der Waals surface area contributed by atoms with Gasteiger partial charge in [-0.2, -0.15) is 0 Å². The van der Waals surface area contributed by atoms with Gasteiger partial charge in [-0.25, -0.2) is 4.39 Å². The average Bonchev–Trinajstić information content (AvgIpc) is 1.80. The molecule has 0 fully saturated rings. The summed E-state index contributed by atoms with van der Waals surface area (Å²) in [5.74, 6) is 0. The lowest BCUT2D eigenvalue weighted by molar-refractivity contribution is 0.495. The molecular weight excluding hydrogens is 135 g/mol. The molecule has 0 aliphatic heterocycles. The van der Waals surface area contributed by atoms with Crippen LogP contribution in [0.15, 0.2) is 23.8 Å².